The summed E-state index contributed by atoms with van der Waals surface area (Å²) in [6.45, 7) is 4.76. The molecule has 6 rings (SSSR count). The molecule has 1 saturated heterocycles. The first-order valence-corrected chi connectivity index (χ1v) is 13.9. The van der Waals surface area contributed by atoms with Gasteiger partial charge in [-0.25, -0.2) is 18.2 Å². The van der Waals surface area contributed by atoms with E-state index in [4.69, 9.17) is 25.8 Å². The molecule has 230 valence electrons. The van der Waals surface area contributed by atoms with Crippen LogP contribution in [-0.2, 0) is 9.53 Å². The Morgan fingerprint density at radius 3 is 2.80 bits per heavy atom. The first kappa shape index (κ1) is 29.3. The first-order chi connectivity index (χ1) is 21.2. The second kappa shape index (κ2) is 12.1. The summed E-state index contributed by atoms with van der Waals surface area (Å²) >= 11 is 6.31. The number of likely N-dealkylation sites (N-methyl/N-ethyl adjacent to an activating group) is 1. The molecule has 2 aliphatic heterocycles. The largest absolute Gasteiger partial charge is 0.486 e. The van der Waals surface area contributed by atoms with Crippen LogP contribution in [0.4, 0.5) is 19.0 Å². The fourth-order valence-corrected chi connectivity index (χ4v) is 5.24. The highest BCUT2D eigenvalue weighted by Gasteiger charge is 2.30. The lowest BCUT2D eigenvalue weighted by Gasteiger charge is -2.35. The van der Waals surface area contributed by atoms with Gasteiger partial charge in [0.25, 0.3) is 6.43 Å². The molecule has 1 N–H and O–H groups in total. The monoisotopic (exact) mass is 630 g/mol. The molecule has 3 aromatic heterocycles. The van der Waals surface area contributed by atoms with E-state index in [1.54, 1.807) is 29.1 Å². The average molecular weight is 631 g/mol. The summed E-state index contributed by atoms with van der Waals surface area (Å²) < 4.78 is 58.0. The predicted molar refractivity (Wildman–Crippen MR) is 155 cm³/mol. The second-order valence-electron chi connectivity index (χ2n) is 10.1. The van der Waals surface area contributed by atoms with Crippen molar-refractivity contribution in [2.75, 3.05) is 51.3 Å². The molecule has 1 fully saturated rings. The van der Waals surface area contributed by atoms with E-state index >= 15 is 0 Å². The van der Waals surface area contributed by atoms with Gasteiger partial charge in [-0.2, -0.15) is 15.1 Å². The standard InChI is InChI=1S/C28H26ClF3N8O4/c1-3-22(41)39-6-8-40(9-7-39)26-15-4-5-33-27(44-25-16-11-34-37-18(16)10-17(30)23(25)29)24(15)35-28(36-26)43-20-13-38(2)12-19(20)42-14-21(31)32/h3-5,10-12,20-21H,1,6-9,13-14H2,2H3,(H,34,37)/t20-/m1/s1. The highest BCUT2D eigenvalue weighted by Crippen LogP contribution is 2.40. The lowest BCUT2D eigenvalue weighted by Crippen LogP contribution is -2.48. The number of carbonyl (C=O) groups is 1. The number of ether oxygens (including phenoxy) is 3. The molecule has 0 bridgehead atoms. The molecule has 1 atom stereocenters. The summed E-state index contributed by atoms with van der Waals surface area (Å²) in [6, 6.07) is 2.81. The Balaban J connectivity index is 1.41. The van der Waals surface area contributed by atoms with Crippen molar-refractivity contribution in [2.45, 2.75) is 12.5 Å². The van der Waals surface area contributed by atoms with Gasteiger partial charge in [0.15, 0.2) is 17.6 Å². The van der Waals surface area contributed by atoms with Crippen molar-refractivity contribution in [3.8, 4) is 17.6 Å². The Kier molecular flexibility index (Phi) is 8.03. The number of alkyl halides is 2. The Morgan fingerprint density at radius 1 is 1.25 bits per heavy atom. The van der Waals surface area contributed by atoms with Crippen LogP contribution in [0.25, 0.3) is 21.8 Å². The lowest BCUT2D eigenvalue weighted by molar-refractivity contribution is -0.126. The van der Waals surface area contributed by atoms with Gasteiger partial charge in [-0.05, 0) is 12.1 Å². The predicted octanol–water partition coefficient (Wildman–Crippen LogP) is 4.14. The van der Waals surface area contributed by atoms with Gasteiger partial charge in [0.05, 0.1) is 29.0 Å². The van der Waals surface area contributed by atoms with Crippen molar-refractivity contribution >= 4 is 45.1 Å². The third-order valence-electron chi connectivity index (χ3n) is 7.14. The number of nitrogens with one attached hydrogen (secondary N) is 1. The Bertz CT molecular complexity index is 1760. The third-order valence-corrected chi connectivity index (χ3v) is 7.49. The van der Waals surface area contributed by atoms with Crippen LogP contribution < -0.4 is 14.4 Å². The zero-order chi connectivity index (χ0) is 31.0. The summed E-state index contributed by atoms with van der Waals surface area (Å²) in [7, 11) is 1.75. The van der Waals surface area contributed by atoms with Crippen molar-refractivity contribution in [1.29, 1.82) is 0 Å². The molecule has 16 heteroatoms. The number of benzene rings is 1. The number of hydrogen-bond donors (Lipinski definition) is 1. The zero-order valence-electron chi connectivity index (χ0n) is 23.3. The van der Waals surface area contributed by atoms with E-state index in [1.807, 2.05) is 4.90 Å². The van der Waals surface area contributed by atoms with Gasteiger partial charge in [0, 0.05) is 51.7 Å². The minimum atomic E-state index is -2.67. The van der Waals surface area contributed by atoms with Gasteiger partial charge < -0.3 is 28.9 Å². The number of amides is 1. The van der Waals surface area contributed by atoms with Crippen molar-refractivity contribution in [3.63, 3.8) is 0 Å². The maximum atomic E-state index is 14.7. The highest BCUT2D eigenvalue weighted by molar-refractivity contribution is 6.33. The number of halogens is 4. The van der Waals surface area contributed by atoms with Gasteiger partial charge in [0.2, 0.25) is 11.8 Å². The van der Waals surface area contributed by atoms with Crippen molar-refractivity contribution < 1.29 is 32.2 Å². The SMILES string of the molecule is C=CC(=O)N1CCN(c2nc(O[C@@H]3CN(C)C=C3OCC(F)F)nc3c(Oc4c(Cl)c(F)cc5[nH]ncc45)nccc23)CC1. The smallest absolute Gasteiger partial charge is 0.319 e. The summed E-state index contributed by atoms with van der Waals surface area (Å²) in [5.41, 5.74) is 0.585. The number of aromatic amines is 1. The minimum Gasteiger partial charge on any atom is -0.486 e. The number of nitrogens with zero attached hydrogens (tertiary/aromatic N) is 7. The highest BCUT2D eigenvalue weighted by atomic mass is 35.5. The number of piperazine rings is 1. The molecular formula is C28H26ClF3N8O4. The summed E-state index contributed by atoms with van der Waals surface area (Å²) in [5.74, 6) is -0.263. The molecule has 12 nitrogen and oxygen atoms in total. The minimum absolute atomic E-state index is 0.0141. The molecule has 44 heavy (non-hydrogen) atoms. The van der Waals surface area contributed by atoms with Crippen molar-refractivity contribution in [1.82, 2.24) is 34.9 Å². The number of aromatic nitrogens is 5. The molecule has 1 aromatic carbocycles. The Morgan fingerprint density at radius 2 is 2.05 bits per heavy atom. The fourth-order valence-electron chi connectivity index (χ4n) is 5.05. The van der Waals surface area contributed by atoms with Gasteiger partial charge in [0.1, 0.15) is 28.8 Å². The average Bonchev–Trinajstić information content (AvgIpc) is 3.63. The molecule has 0 radical (unpaired) electrons. The van der Waals surface area contributed by atoms with E-state index < -0.39 is 25.0 Å². The molecule has 5 heterocycles. The van der Waals surface area contributed by atoms with E-state index in [-0.39, 0.29) is 39.8 Å². The lowest BCUT2D eigenvalue weighted by atomic mass is 10.2. The quantitative estimate of drug-likeness (QED) is 0.270. The van der Waals surface area contributed by atoms with E-state index in [0.717, 1.165) is 0 Å². The first-order valence-electron chi connectivity index (χ1n) is 13.5. The second-order valence-corrected chi connectivity index (χ2v) is 10.5. The van der Waals surface area contributed by atoms with Crippen LogP contribution in [0.3, 0.4) is 0 Å². The van der Waals surface area contributed by atoms with Crippen LogP contribution in [0.1, 0.15) is 0 Å². The molecule has 0 spiro atoms. The van der Waals surface area contributed by atoms with Gasteiger partial charge in [-0.1, -0.05) is 18.2 Å². The topological polar surface area (TPSA) is 122 Å². The number of H-pyrrole nitrogens is 1. The number of pyridine rings is 1. The van der Waals surface area contributed by atoms with Crippen LogP contribution in [0, 0.1) is 5.82 Å². The van der Waals surface area contributed by atoms with Crippen LogP contribution in [0.15, 0.2) is 49.1 Å². The fraction of sp³-hybridized carbons (Fsp3) is 0.321. The number of carbonyl (C=O) groups excluding carboxylic acids is 1. The molecule has 0 unspecified atom stereocenters. The molecule has 2 aliphatic rings. The van der Waals surface area contributed by atoms with Crippen LogP contribution in [0.5, 0.6) is 17.6 Å². The van der Waals surface area contributed by atoms with Crippen molar-refractivity contribution in [2.24, 2.45) is 0 Å². The summed E-state index contributed by atoms with van der Waals surface area (Å²) in [5, 5.41) is 7.33. The van der Waals surface area contributed by atoms with Crippen LogP contribution in [-0.4, -0.2) is 99.8 Å². The maximum absolute atomic E-state index is 14.7. The van der Waals surface area contributed by atoms with Crippen LogP contribution >= 0.6 is 11.6 Å². The van der Waals surface area contributed by atoms with Crippen LogP contribution in [0.2, 0.25) is 5.02 Å². The number of rotatable bonds is 9. The van der Waals surface area contributed by atoms with Gasteiger partial charge in [-0.3, -0.25) is 9.89 Å². The van der Waals surface area contributed by atoms with E-state index in [9.17, 15) is 18.0 Å². The molecule has 4 aromatic rings. The molecular weight excluding hydrogens is 605 g/mol. The number of fused-ring (bicyclic) bond motifs is 2. The normalized spacial score (nSPS) is 17.0. The van der Waals surface area contributed by atoms with Gasteiger partial charge >= 0.3 is 6.01 Å². The molecule has 1 amide bonds. The Labute approximate surface area is 253 Å². The maximum Gasteiger partial charge on any atom is 0.319 e. The van der Waals surface area contributed by atoms with E-state index in [0.29, 0.717) is 54.8 Å². The Hall–Kier alpha value is -4.79. The van der Waals surface area contributed by atoms with E-state index in [1.165, 1.54) is 24.5 Å². The summed E-state index contributed by atoms with van der Waals surface area (Å²) in [6.07, 6.45) is 2.33. The van der Waals surface area contributed by atoms with Crippen molar-refractivity contribution in [3.05, 3.63) is 60.0 Å². The van der Waals surface area contributed by atoms with E-state index in [2.05, 4.69) is 31.7 Å². The van der Waals surface area contributed by atoms with Gasteiger partial charge in [-0.15, -0.1) is 0 Å². The number of anilines is 1. The third kappa shape index (κ3) is 5.74. The molecule has 0 aliphatic carbocycles. The number of hydrogen-bond acceptors (Lipinski definition) is 10. The summed E-state index contributed by atoms with van der Waals surface area (Å²) in [4.78, 5) is 31.2. The molecule has 0 saturated carbocycles. The zero-order valence-corrected chi connectivity index (χ0v) is 24.1.